The zero-order valence-electron chi connectivity index (χ0n) is 12.5. The normalized spacial score (nSPS) is 10.5. The van der Waals surface area contributed by atoms with Gasteiger partial charge in [-0.15, -0.1) is 11.3 Å². The van der Waals surface area contributed by atoms with Crippen LogP contribution in [0, 0.1) is 0 Å². The average molecular weight is 325 g/mol. The Labute approximate surface area is 137 Å². The van der Waals surface area contributed by atoms with Crippen LogP contribution in [-0.4, -0.2) is 19.0 Å². The van der Waals surface area contributed by atoms with E-state index < -0.39 is 5.97 Å². The Morgan fingerprint density at radius 2 is 1.83 bits per heavy atom. The van der Waals surface area contributed by atoms with E-state index in [0.29, 0.717) is 9.88 Å². The average Bonchev–Trinajstić information content (AvgIpc) is 3.03. The zero-order valence-corrected chi connectivity index (χ0v) is 13.4. The molecule has 0 aliphatic carbocycles. The van der Waals surface area contributed by atoms with E-state index in [0.717, 1.165) is 16.3 Å². The highest BCUT2D eigenvalue weighted by Gasteiger charge is 2.12. The lowest BCUT2D eigenvalue weighted by Gasteiger charge is -2.06. The maximum atomic E-state index is 12.3. The molecule has 1 aromatic heterocycles. The first-order valence-corrected chi connectivity index (χ1v) is 7.93. The smallest absolute Gasteiger partial charge is 0.348 e. The Hall–Kier alpha value is -2.66. The molecule has 3 aromatic rings. The Morgan fingerprint density at radius 1 is 1.04 bits per heavy atom. The van der Waals surface area contributed by atoms with Gasteiger partial charge in [0.15, 0.2) is 0 Å². The standard InChI is InChI=1S/C18H15NO3S/c1-22-18(21)15-9-10-17(23-15)19-16(20)11-13-7-4-6-12-5-2-3-8-14(12)13/h2-10H,11H2,1H3,(H,19,20). The molecule has 5 heteroatoms. The third-order valence-electron chi connectivity index (χ3n) is 3.49. The fourth-order valence-electron chi connectivity index (χ4n) is 2.42. The van der Waals surface area contributed by atoms with Crippen molar-refractivity contribution >= 4 is 39.0 Å². The van der Waals surface area contributed by atoms with Crippen molar-refractivity contribution in [2.75, 3.05) is 12.4 Å². The minimum absolute atomic E-state index is 0.111. The maximum Gasteiger partial charge on any atom is 0.348 e. The number of methoxy groups -OCH3 is 1. The van der Waals surface area contributed by atoms with Gasteiger partial charge in [-0.1, -0.05) is 42.5 Å². The molecule has 4 nitrogen and oxygen atoms in total. The zero-order chi connectivity index (χ0) is 16.2. The van der Waals surface area contributed by atoms with Gasteiger partial charge in [0, 0.05) is 0 Å². The number of esters is 1. The second-order valence-corrected chi connectivity index (χ2v) is 6.10. The minimum Gasteiger partial charge on any atom is -0.465 e. The molecule has 0 aliphatic rings. The van der Waals surface area contributed by atoms with Gasteiger partial charge in [0.2, 0.25) is 5.91 Å². The number of fused-ring (bicyclic) bond motifs is 1. The van der Waals surface area contributed by atoms with E-state index in [2.05, 4.69) is 10.1 Å². The number of thiophene rings is 1. The number of anilines is 1. The fourth-order valence-corrected chi connectivity index (χ4v) is 3.26. The summed E-state index contributed by atoms with van der Waals surface area (Å²) in [5.41, 5.74) is 0.977. The molecule has 0 aliphatic heterocycles. The number of rotatable bonds is 4. The number of ether oxygens (including phenoxy) is 1. The molecule has 3 rings (SSSR count). The van der Waals surface area contributed by atoms with Gasteiger partial charge >= 0.3 is 5.97 Å². The molecule has 2 aromatic carbocycles. The van der Waals surface area contributed by atoms with Crippen molar-refractivity contribution < 1.29 is 14.3 Å². The molecule has 116 valence electrons. The van der Waals surface area contributed by atoms with Gasteiger partial charge in [0.05, 0.1) is 18.5 Å². The van der Waals surface area contributed by atoms with Crippen molar-refractivity contribution in [3.63, 3.8) is 0 Å². The highest BCUT2D eigenvalue weighted by Crippen LogP contribution is 2.23. The Morgan fingerprint density at radius 3 is 2.65 bits per heavy atom. The Kier molecular flexibility index (Phi) is 4.39. The van der Waals surface area contributed by atoms with Crippen LogP contribution in [0.2, 0.25) is 0 Å². The van der Waals surface area contributed by atoms with Crippen LogP contribution in [-0.2, 0) is 16.0 Å². The van der Waals surface area contributed by atoms with Crippen molar-refractivity contribution in [2.24, 2.45) is 0 Å². The molecule has 0 spiro atoms. The van der Waals surface area contributed by atoms with Gasteiger partial charge in [0.25, 0.3) is 0 Å². The van der Waals surface area contributed by atoms with Crippen molar-refractivity contribution in [3.05, 3.63) is 65.0 Å². The van der Waals surface area contributed by atoms with Crippen molar-refractivity contribution in [2.45, 2.75) is 6.42 Å². The third-order valence-corrected chi connectivity index (χ3v) is 4.47. The molecule has 0 fully saturated rings. The lowest BCUT2D eigenvalue weighted by molar-refractivity contribution is -0.115. The SMILES string of the molecule is COC(=O)c1ccc(NC(=O)Cc2cccc3ccccc23)s1. The number of amides is 1. The molecule has 0 unspecified atom stereocenters. The van der Waals surface area contributed by atoms with Crippen LogP contribution < -0.4 is 5.32 Å². The summed E-state index contributed by atoms with van der Waals surface area (Å²) in [7, 11) is 1.33. The molecule has 0 saturated heterocycles. The summed E-state index contributed by atoms with van der Waals surface area (Å²) in [6, 6.07) is 17.3. The molecule has 1 heterocycles. The van der Waals surface area contributed by atoms with Gasteiger partial charge in [-0.3, -0.25) is 4.79 Å². The van der Waals surface area contributed by atoms with Crippen molar-refractivity contribution in [1.29, 1.82) is 0 Å². The van der Waals surface area contributed by atoms with Crippen molar-refractivity contribution in [3.8, 4) is 0 Å². The number of nitrogens with one attached hydrogen (secondary N) is 1. The molecule has 1 N–H and O–H groups in total. The van der Waals surface area contributed by atoms with E-state index in [-0.39, 0.29) is 12.3 Å². The second-order valence-electron chi connectivity index (χ2n) is 5.02. The largest absolute Gasteiger partial charge is 0.465 e. The van der Waals surface area contributed by atoms with Crippen LogP contribution in [0.15, 0.2) is 54.6 Å². The maximum absolute atomic E-state index is 12.3. The summed E-state index contributed by atoms with van der Waals surface area (Å²) >= 11 is 1.20. The summed E-state index contributed by atoms with van der Waals surface area (Å²) < 4.78 is 4.66. The van der Waals surface area contributed by atoms with E-state index in [1.807, 2.05) is 42.5 Å². The summed E-state index contributed by atoms with van der Waals surface area (Å²) in [6.07, 6.45) is 0.285. The molecule has 0 saturated carbocycles. The predicted octanol–water partition coefficient (Wildman–Crippen LogP) is 3.87. The van der Waals surface area contributed by atoms with Gasteiger partial charge in [-0.25, -0.2) is 4.79 Å². The first-order valence-electron chi connectivity index (χ1n) is 7.12. The van der Waals surface area contributed by atoms with Crippen LogP contribution in [0.4, 0.5) is 5.00 Å². The van der Waals surface area contributed by atoms with Gasteiger partial charge in [-0.05, 0) is 28.5 Å². The van der Waals surface area contributed by atoms with Crippen LogP contribution in [0.25, 0.3) is 10.8 Å². The Balaban J connectivity index is 1.74. The summed E-state index contributed by atoms with van der Waals surface area (Å²) in [4.78, 5) is 24.1. The quantitative estimate of drug-likeness (QED) is 0.741. The van der Waals surface area contributed by atoms with E-state index in [4.69, 9.17) is 0 Å². The van der Waals surface area contributed by atoms with Crippen LogP contribution in [0.3, 0.4) is 0 Å². The summed E-state index contributed by atoms with van der Waals surface area (Å²) in [5.74, 6) is -0.510. The lowest BCUT2D eigenvalue weighted by atomic mass is 10.0. The van der Waals surface area contributed by atoms with Crippen LogP contribution in [0.5, 0.6) is 0 Å². The van der Waals surface area contributed by atoms with E-state index in [9.17, 15) is 9.59 Å². The lowest BCUT2D eigenvalue weighted by Crippen LogP contribution is -2.13. The molecular weight excluding hydrogens is 310 g/mol. The van der Waals surface area contributed by atoms with Crippen molar-refractivity contribution in [1.82, 2.24) is 0 Å². The number of carbonyl (C=O) groups excluding carboxylic acids is 2. The molecule has 0 atom stereocenters. The fraction of sp³-hybridized carbons (Fsp3) is 0.111. The molecule has 0 radical (unpaired) electrons. The number of hydrogen-bond donors (Lipinski definition) is 1. The topological polar surface area (TPSA) is 55.4 Å². The van der Waals surface area contributed by atoms with Gasteiger partial charge in [0.1, 0.15) is 4.88 Å². The molecular formula is C18H15NO3S. The summed E-state index contributed by atoms with van der Waals surface area (Å²) in [6.45, 7) is 0. The van der Waals surface area contributed by atoms with E-state index >= 15 is 0 Å². The number of benzene rings is 2. The number of hydrogen-bond acceptors (Lipinski definition) is 4. The highest BCUT2D eigenvalue weighted by molar-refractivity contribution is 7.18. The van der Waals surface area contributed by atoms with E-state index in [1.165, 1.54) is 18.4 Å². The highest BCUT2D eigenvalue weighted by atomic mass is 32.1. The Bertz CT molecular complexity index is 864. The second kappa shape index (κ2) is 6.62. The monoisotopic (exact) mass is 325 g/mol. The van der Waals surface area contributed by atoms with Gasteiger partial charge < -0.3 is 10.1 Å². The van der Waals surface area contributed by atoms with E-state index in [1.54, 1.807) is 12.1 Å². The first-order chi connectivity index (χ1) is 11.2. The van der Waals surface area contributed by atoms with Crippen LogP contribution >= 0.6 is 11.3 Å². The van der Waals surface area contributed by atoms with Crippen LogP contribution in [0.1, 0.15) is 15.2 Å². The molecule has 0 bridgehead atoms. The number of carbonyl (C=O) groups is 2. The predicted molar refractivity (Wildman–Crippen MR) is 91.9 cm³/mol. The molecule has 1 amide bonds. The summed E-state index contributed by atoms with van der Waals surface area (Å²) in [5, 5.41) is 5.65. The third kappa shape index (κ3) is 3.40. The molecule has 23 heavy (non-hydrogen) atoms. The van der Waals surface area contributed by atoms with Gasteiger partial charge in [-0.2, -0.15) is 0 Å². The minimum atomic E-state index is -0.399. The first kappa shape index (κ1) is 15.2.